The Hall–Kier alpha value is -1.09. The van der Waals surface area contributed by atoms with Gasteiger partial charge in [-0.3, -0.25) is 0 Å². The van der Waals surface area contributed by atoms with Gasteiger partial charge in [0.15, 0.2) is 11.6 Å². The Kier molecular flexibility index (Phi) is 2.42. The van der Waals surface area contributed by atoms with E-state index in [-0.39, 0.29) is 11.9 Å². The van der Waals surface area contributed by atoms with E-state index in [1.165, 1.54) is 0 Å². The minimum absolute atomic E-state index is 0.0948. The van der Waals surface area contributed by atoms with Crippen LogP contribution in [0.15, 0.2) is 12.1 Å². The van der Waals surface area contributed by atoms with Gasteiger partial charge in [-0.05, 0) is 25.3 Å². The van der Waals surface area contributed by atoms with E-state index in [1.807, 2.05) is 6.07 Å². The highest BCUT2D eigenvalue weighted by Crippen LogP contribution is 2.33. The first-order valence-corrected chi connectivity index (χ1v) is 4.87. The second-order valence-electron chi connectivity index (χ2n) is 3.71. The largest absolute Gasteiger partial charge is 0.490 e. The van der Waals surface area contributed by atoms with Crippen molar-refractivity contribution >= 4 is 0 Å². The van der Waals surface area contributed by atoms with E-state index in [0.29, 0.717) is 17.9 Å². The first-order chi connectivity index (χ1) is 6.70. The van der Waals surface area contributed by atoms with Crippen LogP contribution < -0.4 is 10.5 Å². The average Bonchev–Trinajstić information content (AvgIpc) is 2.35. The molecule has 0 aliphatic carbocycles. The van der Waals surface area contributed by atoms with E-state index >= 15 is 0 Å². The molecule has 0 unspecified atom stereocenters. The molecule has 2 nitrogen and oxygen atoms in total. The highest BCUT2D eigenvalue weighted by atomic mass is 19.1. The molecule has 1 aliphatic rings. The van der Waals surface area contributed by atoms with Crippen molar-refractivity contribution in [2.45, 2.75) is 25.8 Å². The molecule has 1 aromatic carbocycles. The predicted octanol–water partition coefficient (Wildman–Crippen LogP) is 2.31. The fraction of sp³-hybridized carbons (Fsp3) is 0.455. The summed E-state index contributed by atoms with van der Waals surface area (Å²) in [6.07, 6.45) is 1.74. The Balaban J connectivity index is 2.53. The lowest BCUT2D eigenvalue weighted by Crippen LogP contribution is -2.09. The molecule has 1 heterocycles. The van der Waals surface area contributed by atoms with Crippen molar-refractivity contribution in [3.05, 3.63) is 29.1 Å². The zero-order valence-corrected chi connectivity index (χ0v) is 8.22. The molecule has 0 amide bonds. The quantitative estimate of drug-likeness (QED) is 0.689. The summed E-state index contributed by atoms with van der Waals surface area (Å²) in [7, 11) is 0. The molecule has 14 heavy (non-hydrogen) atoms. The predicted molar refractivity (Wildman–Crippen MR) is 52.8 cm³/mol. The van der Waals surface area contributed by atoms with E-state index in [0.717, 1.165) is 18.4 Å². The van der Waals surface area contributed by atoms with Crippen LogP contribution in [0.3, 0.4) is 0 Å². The van der Waals surface area contributed by atoms with E-state index in [1.54, 1.807) is 13.0 Å². The molecule has 76 valence electrons. The van der Waals surface area contributed by atoms with Gasteiger partial charge in [0.05, 0.1) is 6.61 Å². The van der Waals surface area contributed by atoms with E-state index in [9.17, 15) is 4.39 Å². The molecule has 0 radical (unpaired) electrons. The maximum Gasteiger partial charge on any atom is 0.168 e. The van der Waals surface area contributed by atoms with Crippen molar-refractivity contribution in [1.29, 1.82) is 0 Å². The number of hydrogen-bond donors (Lipinski definition) is 1. The summed E-state index contributed by atoms with van der Waals surface area (Å²) < 4.78 is 19.0. The van der Waals surface area contributed by atoms with Crippen LogP contribution in [0.4, 0.5) is 4.39 Å². The Morgan fingerprint density at radius 3 is 3.07 bits per heavy atom. The molecular formula is C11H14FNO. The number of benzene rings is 1. The van der Waals surface area contributed by atoms with Crippen LogP contribution in [-0.4, -0.2) is 6.61 Å². The lowest BCUT2D eigenvalue weighted by molar-refractivity contribution is 0.300. The first kappa shape index (κ1) is 9.46. The maximum atomic E-state index is 13.7. The molecular weight excluding hydrogens is 181 g/mol. The van der Waals surface area contributed by atoms with Crippen molar-refractivity contribution in [2.24, 2.45) is 5.73 Å². The highest BCUT2D eigenvalue weighted by Gasteiger charge is 2.20. The third-order valence-electron chi connectivity index (χ3n) is 2.63. The van der Waals surface area contributed by atoms with Gasteiger partial charge in [0, 0.05) is 11.6 Å². The SMILES string of the molecule is Cc1ccc2c(c1F)OCCC[C@H]2N. The molecule has 1 aliphatic heterocycles. The summed E-state index contributed by atoms with van der Waals surface area (Å²) in [5.74, 6) is 0.0925. The lowest BCUT2D eigenvalue weighted by atomic mass is 10.0. The monoisotopic (exact) mass is 195 g/mol. The number of hydrogen-bond acceptors (Lipinski definition) is 2. The Bertz CT molecular complexity index is 351. The number of ether oxygens (including phenoxy) is 1. The third kappa shape index (κ3) is 1.48. The van der Waals surface area contributed by atoms with Crippen LogP contribution >= 0.6 is 0 Å². The minimum atomic E-state index is -0.264. The first-order valence-electron chi connectivity index (χ1n) is 4.87. The van der Waals surface area contributed by atoms with Gasteiger partial charge in [-0.2, -0.15) is 0 Å². The van der Waals surface area contributed by atoms with Gasteiger partial charge in [-0.1, -0.05) is 12.1 Å². The molecule has 0 spiro atoms. The van der Waals surface area contributed by atoms with Crippen LogP contribution in [0, 0.1) is 12.7 Å². The summed E-state index contributed by atoms with van der Waals surface area (Å²) in [6.45, 7) is 2.29. The van der Waals surface area contributed by atoms with Crippen LogP contribution in [0.2, 0.25) is 0 Å². The Morgan fingerprint density at radius 1 is 1.50 bits per heavy atom. The van der Waals surface area contributed by atoms with Crippen molar-refractivity contribution in [3.8, 4) is 5.75 Å². The zero-order valence-electron chi connectivity index (χ0n) is 8.22. The molecule has 0 aromatic heterocycles. The molecule has 0 fully saturated rings. The topological polar surface area (TPSA) is 35.2 Å². The molecule has 0 bridgehead atoms. The van der Waals surface area contributed by atoms with Gasteiger partial charge in [-0.15, -0.1) is 0 Å². The molecule has 0 saturated heterocycles. The highest BCUT2D eigenvalue weighted by molar-refractivity contribution is 5.41. The summed E-state index contributed by atoms with van der Waals surface area (Å²) in [4.78, 5) is 0. The lowest BCUT2D eigenvalue weighted by Gasteiger charge is -2.13. The van der Waals surface area contributed by atoms with Gasteiger partial charge in [0.25, 0.3) is 0 Å². The van der Waals surface area contributed by atoms with Crippen LogP contribution in [0.1, 0.15) is 30.0 Å². The molecule has 2 N–H and O–H groups in total. The Morgan fingerprint density at radius 2 is 2.29 bits per heavy atom. The number of halogens is 1. The number of rotatable bonds is 0. The van der Waals surface area contributed by atoms with E-state index < -0.39 is 0 Å². The summed E-state index contributed by atoms with van der Waals surface area (Å²) in [5, 5.41) is 0. The molecule has 2 rings (SSSR count). The second kappa shape index (κ2) is 3.58. The summed E-state index contributed by atoms with van der Waals surface area (Å²) in [6, 6.07) is 3.52. The molecule has 3 heteroatoms. The fourth-order valence-corrected chi connectivity index (χ4v) is 1.74. The van der Waals surface area contributed by atoms with E-state index in [4.69, 9.17) is 10.5 Å². The van der Waals surface area contributed by atoms with Crippen LogP contribution in [-0.2, 0) is 0 Å². The number of fused-ring (bicyclic) bond motifs is 1. The standard InChI is InChI=1S/C11H14FNO/c1-7-4-5-8-9(13)3-2-6-14-11(8)10(7)12/h4-5,9H,2-3,6,13H2,1H3/t9-/m1/s1. The molecule has 1 atom stereocenters. The minimum Gasteiger partial charge on any atom is -0.490 e. The molecule has 0 saturated carbocycles. The maximum absolute atomic E-state index is 13.7. The molecule has 1 aromatic rings. The smallest absolute Gasteiger partial charge is 0.168 e. The number of nitrogens with two attached hydrogens (primary N) is 1. The zero-order chi connectivity index (χ0) is 10.1. The fourth-order valence-electron chi connectivity index (χ4n) is 1.74. The van der Waals surface area contributed by atoms with Crippen LogP contribution in [0.25, 0.3) is 0 Å². The number of aryl methyl sites for hydroxylation is 1. The van der Waals surface area contributed by atoms with Gasteiger partial charge in [0.1, 0.15) is 0 Å². The van der Waals surface area contributed by atoms with Crippen molar-refractivity contribution in [3.63, 3.8) is 0 Å². The van der Waals surface area contributed by atoms with Crippen molar-refractivity contribution in [1.82, 2.24) is 0 Å². The average molecular weight is 195 g/mol. The summed E-state index contributed by atoms with van der Waals surface area (Å²) >= 11 is 0. The Labute approximate surface area is 82.9 Å². The van der Waals surface area contributed by atoms with Gasteiger partial charge in [-0.25, -0.2) is 4.39 Å². The van der Waals surface area contributed by atoms with Crippen molar-refractivity contribution in [2.75, 3.05) is 6.61 Å². The third-order valence-corrected chi connectivity index (χ3v) is 2.63. The van der Waals surface area contributed by atoms with Gasteiger partial charge >= 0.3 is 0 Å². The summed E-state index contributed by atoms with van der Waals surface area (Å²) in [5.41, 5.74) is 7.32. The van der Waals surface area contributed by atoms with Gasteiger partial charge < -0.3 is 10.5 Å². The van der Waals surface area contributed by atoms with Gasteiger partial charge in [0.2, 0.25) is 0 Å². The van der Waals surface area contributed by atoms with Crippen LogP contribution in [0.5, 0.6) is 5.75 Å². The normalized spacial score (nSPS) is 20.9. The van der Waals surface area contributed by atoms with E-state index in [2.05, 4.69) is 0 Å². The van der Waals surface area contributed by atoms with Crippen molar-refractivity contribution < 1.29 is 9.13 Å². The second-order valence-corrected chi connectivity index (χ2v) is 3.71.